The first-order chi connectivity index (χ1) is 11.1. The van der Waals surface area contributed by atoms with Gasteiger partial charge in [-0.05, 0) is 41.8 Å². The Kier molecular flexibility index (Phi) is 5.03. The van der Waals surface area contributed by atoms with E-state index in [1.54, 1.807) is 11.8 Å². The molecule has 0 unspecified atom stereocenters. The number of benzene rings is 1. The molecule has 118 valence electrons. The minimum Gasteiger partial charge on any atom is -0.329 e. The van der Waals surface area contributed by atoms with E-state index in [1.165, 1.54) is 11.3 Å². The van der Waals surface area contributed by atoms with Crippen molar-refractivity contribution in [2.24, 2.45) is 0 Å². The minimum absolute atomic E-state index is 0.390. The molecule has 5 heteroatoms. The van der Waals surface area contributed by atoms with Crippen molar-refractivity contribution in [1.29, 1.82) is 0 Å². The summed E-state index contributed by atoms with van der Waals surface area (Å²) in [7, 11) is 0. The van der Waals surface area contributed by atoms with Crippen LogP contribution in [0, 0.1) is 0 Å². The van der Waals surface area contributed by atoms with E-state index in [4.69, 9.17) is 11.6 Å². The van der Waals surface area contributed by atoms with Crippen molar-refractivity contribution < 1.29 is 0 Å². The molecule has 0 saturated carbocycles. The Morgan fingerprint density at radius 3 is 2.65 bits per heavy atom. The zero-order chi connectivity index (χ0) is 16.2. The molecule has 0 aliphatic rings. The fraction of sp³-hybridized carbons (Fsp3) is 0.222. The fourth-order valence-corrected chi connectivity index (χ4v) is 3.85. The zero-order valence-corrected chi connectivity index (χ0v) is 14.7. The van der Waals surface area contributed by atoms with Crippen LogP contribution in [0.25, 0.3) is 0 Å². The predicted octanol–water partition coefficient (Wildman–Crippen LogP) is 5.25. The Morgan fingerprint density at radius 2 is 1.96 bits per heavy atom. The van der Waals surface area contributed by atoms with Gasteiger partial charge in [0.25, 0.3) is 0 Å². The Morgan fingerprint density at radius 1 is 1.17 bits per heavy atom. The summed E-state index contributed by atoms with van der Waals surface area (Å²) >= 11 is 7.74. The number of halogens is 1. The van der Waals surface area contributed by atoms with Crippen LogP contribution in [0.4, 0.5) is 0 Å². The first-order valence-electron chi connectivity index (χ1n) is 7.51. The van der Waals surface area contributed by atoms with E-state index in [2.05, 4.69) is 34.4 Å². The molecule has 0 N–H and O–H groups in total. The van der Waals surface area contributed by atoms with Crippen LogP contribution in [0.15, 0.2) is 65.0 Å². The molecule has 0 radical (unpaired) electrons. The van der Waals surface area contributed by atoms with E-state index < -0.39 is 0 Å². The maximum atomic E-state index is 6.08. The molecular formula is C18H18ClN3S. The summed E-state index contributed by atoms with van der Waals surface area (Å²) in [5.41, 5.74) is 2.46. The first-order valence-corrected chi connectivity index (χ1v) is 8.70. The predicted molar refractivity (Wildman–Crippen MR) is 95.2 cm³/mol. The third kappa shape index (κ3) is 3.95. The number of nitrogens with zero attached hydrogens (tertiary/aromatic N) is 3. The van der Waals surface area contributed by atoms with Gasteiger partial charge in [-0.2, -0.15) is 0 Å². The third-order valence-corrected chi connectivity index (χ3v) is 4.74. The molecule has 3 rings (SSSR count). The van der Waals surface area contributed by atoms with E-state index in [9.17, 15) is 0 Å². The van der Waals surface area contributed by atoms with Crippen molar-refractivity contribution >= 4 is 23.4 Å². The van der Waals surface area contributed by atoms with Gasteiger partial charge in [0.2, 0.25) is 0 Å². The standard InChI is InChI=1S/C18H18ClN3S/c1-13(2)17-18(23-16-5-3-4-15(19)10-16)21-12-22(17)11-14-6-8-20-9-7-14/h3-10,12-13H,11H2,1-2H3. The zero-order valence-electron chi connectivity index (χ0n) is 13.1. The van der Waals surface area contributed by atoms with Crippen molar-refractivity contribution in [3.8, 4) is 0 Å². The van der Waals surface area contributed by atoms with Gasteiger partial charge in [0.05, 0.1) is 12.0 Å². The quantitative estimate of drug-likeness (QED) is 0.633. The number of aromatic nitrogens is 3. The number of hydrogen-bond acceptors (Lipinski definition) is 3. The molecule has 23 heavy (non-hydrogen) atoms. The van der Waals surface area contributed by atoms with Gasteiger partial charge in [-0.15, -0.1) is 0 Å². The lowest BCUT2D eigenvalue weighted by Gasteiger charge is -2.13. The molecule has 1 aromatic carbocycles. The first kappa shape index (κ1) is 16.1. The van der Waals surface area contributed by atoms with Gasteiger partial charge >= 0.3 is 0 Å². The monoisotopic (exact) mass is 343 g/mol. The highest BCUT2D eigenvalue weighted by molar-refractivity contribution is 7.99. The molecule has 0 saturated heterocycles. The Labute approximate surface area is 145 Å². The topological polar surface area (TPSA) is 30.7 Å². The molecule has 0 aliphatic heterocycles. The van der Waals surface area contributed by atoms with Crippen LogP contribution in [-0.2, 0) is 6.54 Å². The van der Waals surface area contributed by atoms with E-state index in [0.717, 1.165) is 21.5 Å². The highest BCUT2D eigenvalue weighted by atomic mass is 35.5. The lowest BCUT2D eigenvalue weighted by molar-refractivity contribution is 0.679. The van der Waals surface area contributed by atoms with Crippen LogP contribution >= 0.6 is 23.4 Å². The van der Waals surface area contributed by atoms with Gasteiger partial charge in [-0.1, -0.05) is 43.3 Å². The lowest BCUT2D eigenvalue weighted by atomic mass is 10.1. The van der Waals surface area contributed by atoms with Gasteiger partial charge < -0.3 is 4.57 Å². The summed E-state index contributed by atoms with van der Waals surface area (Å²) in [4.78, 5) is 9.80. The van der Waals surface area contributed by atoms with Gasteiger partial charge in [-0.3, -0.25) is 4.98 Å². The van der Waals surface area contributed by atoms with Crippen molar-refractivity contribution in [1.82, 2.24) is 14.5 Å². The summed E-state index contributed by atoms with van der Waals surface area (Å²) in [5, 5.41) is 1.79. The summed E-state index contributed by atoms with van der Waals surface area (Å²) in [5.74, 6) is 0.390. The van der Waals surface area contributed by atoms with Gasteiger partial charge in [0.1, 0.15) is 5.03 Å². The molecule has 3 aromatic rings. The third-order valence-electron chi connectivity index (χ3n) is 3.50. The molecule has 2 aromatic heterocycles. The summed E-state index contributed by atoms with van der Waals surface area (Å²) < 4.78 is 2.22. The van der Waals surface area contributed by atoms with Crippen LogP contribution < -0.4 is 0 Å². The van der Waals surface area contributed by atoms with Crippen LogP contribution in [0.3, 0.4) is 0 Å². The van der Waals surface area contributed by atoms with Crippen LogP contribution in [-0.4, -0.2) is 14.5 Å². The molecule has 0 spiro atoms. The van der Waals surface area contributed by atoms with Gasteiger partial charge in [0, 0.05) is 28.9 Å². The highest BCUT2D eigenvalue weighted by Gasteiger charge is 2.16. The molecule has 0 bridgehead atoms. The average molecular weight is 344 g/mol. The normalized spacial score (nSPS) is 11.1. The number of rotatable bonds is 5. The van der Waals surface area contributed by atoms with Crippen LogP contribution in [0.2, 0.25) is 5.02 Å². The van der Waals surface area contributed by atoms with Crippen LogP contribution in [0.1, 0.15) is 31.0 Å². The Bertz CT molecular complexity index is 784. The maximum Gasteiger partial charge on any atom is 0.122 e. The molecule has 3 nitrogen and oxygen atoms in total. The van der Waals surface area contributed by atoms with Gasteiger partial charge in [0.15, 0.2) is 0 Å². The second kappa shape index (κ2) is 7.20. The number of imidazole rings is 1. The molecule has 0 fully saturated rings. The summed E-state index contributed by atoms with van der Waals surface area (Å²) in [6.07, 6.45) is 5.56. The van der Waals surface area contributed by atoms with Crippen molar-refractivity contribution in [2.45, 2.75) is 36.2 Å². The van der Waals surface area contributed by atoms with Gasteiger partial charge in [-0.25, -0.2) is 4.98 Å². The van der Waals surface area contributed by atoms with Crippen molar-refractivity contribution in [3.05, 3.63) is 71.4 Å². The lowest BCUT2D eigenvalue weighted by Crippen LogP contribution is -2.05. The maximum absolute atomic E-state index is 6.08. The smallest absolute Gasteiger partial charge is 0.122 e. The van der Waals surface area contributed by atoms with Crippen molar-refractivity contribution in [3.63, 3.8) is 0 Å². The fourth-order valence-electron chi connectivity index (χ4n) is 2.48. The molecule has 0 aliphatic carbocycles. The summed E-state index contributed by atoms with van der Waals surface area (Å²) in [6.45, 7) is 5.20. The largest absolute Gasteiger partial charge is 0.329 e. The molecule has 0 atom stereocenters. The number of hydrogen-bond donors (Lipinski definition) is 0. The summed E-state index contributed by atoms with van der Waals surface area (Å²) in [6, 6.07) is 12.0. The SMILES string of the molecule is CC(C)c1c(Sc2cccc(Cl)c2)ncn1Cc1ccncc1. The molecular weight excluding hydrogens is 326 g/mol. The van der Waals surface area contributed by atoms with E-state index in [0.29, 0.717) is 5.92 Å². The second-order valence-electron chi connectivity index (χ2n) is 5.63. The molecule has 2 heterocycles. The van der Waals surface area contributed by atoms with Crippen molar-refractivity contribution in [2.75, 3.05) is 0 Å². The second-order valence-corrected chi connectivity index (χ2v) is 7.13. The molecule has 0 amide bonds. The Balaban J connectivity index is 1.89. The minimum atomic E-state index is 0.390. The average Bonchev–Trinajstić information content (AvgIpc) is 2.91. The van der Waals surface area contributed by atoms with E-state index in [1.807, 2.05) is 49.1 Å². The highest BCUT2D eigenvalue weighted by Crippen LogP contribution is 2.34. The van der Waals surface area contributed by atoms with E-state index >= 15 is 0 Å². The number of pyridine rings is 1. The van der Waals surface area contributed by atoms with E-state index in [-0.39, 0.29) is 0 Å². The Hall–Kier alpha value is -1.78. The van der Waals surface area contributed by atoms with Crippen LogP contribution in [0.5, 0.6) is 0 Å².